The Morgan fingerprint density at radius 3 is 2.50 bits per heavy atom. The number of nitrogens with two attached hydrogens (primary N) is 1. The van der Waals surface area contributed by atoms with Gasteiger partial charge in [0.15, 0.2) is 0 Å². The number of aryl methyl sites for hydroxylation is 2. The Balaban J connectivity index is 2.11. The van der Waals surface area contributed by atoms with E-state index < -0.39 is 4.92 Å². The van der Waals surface area contributed by atoms with Crippen LogP contribution < -0.4 is 5.73 Å². The number of hydrogen-bond acceptors (Lipinski definition) is 4. The predicted molar refractivity (Wildman–Crippen MR) is 69.2 cm³/mol. The van der Waals surface area contributed by atoms with Crippen molar-refractivity contribution in [2.24, 2.45) is 0 Å². The molecule has 0 saturated heterocycles. The third-order valence-electron chi connectivity index (χ3n) is 2.70. The normalized spacial score (nSPS) is 10.2. The van der Waals surface area contributed by atoms with E-state index in [2.05, 4.69) is 4.98 Å². The van der Waals surface area contributed by atoms with Gasteiger partial charge in [0.05, 0.1) is 4.92 Å². The van der Waals surface area contributed by atoms with Gasteiger partial charge in [-0.1, -0.05) is 30.3 Å². The van der Waals surface area contributed by atoms with Crippen molar-refractivity contribution in [2.45, 2.75) is 12.8 Å². The smallest absolute Gasteiger partial charge is 0.311 e. The zero-order valence-corrected chi connectivity index (χ0v) is 9.74. The second kappa shape index (κ2) is 5.27. The maximum atomic E-state index is 10.7. The van der Waals surface area contributed by atoms with Gasteiger partial charge in [0.25, 0.3) is 0 Å². The van der Waals surface area contributed by atoms with Crippen molar-refractivity contribution in [3.05, 3.63) is 63.8 Å². The maximum absolute atomic E-state index is 10.7. The van der Waals surface area contributed by atoms with E-state index in [0.717, 1.165) is 12.0 Å². The van der Waals surface area contributed by atoms with Crippen LogP contribution >= 0.6 is 0 Å². The molecule has 2 aromatic rings. The molecule has 0 bridgehead atoms. The zero-order chi connectivity index (χ0) is 13.0. The van der Waals surface area contributed by atoms with Crippen molar-refractivity contribution in [3.8, 4) is 0 Å². The first-order valence-corrected chi connectivity index (χ1v) is 5.59. The summed E-state index contributed by atoms with van der Waals surface area (Å²) in [4.78, 5) is 14.1. The molecule has 1 aromatic heterocycles. The van der Waals surface area contributed by atoms with Gasteiger partial charge in [-0.05, 0) is 24.0 Å². The highest BCUT2D eigenvalue weighted by Crippen LogP contribution is 2.20. The lowest BCUT2D eigenvalue weighted by molar-refractivity contribution is -0.384. The summed E-state index contributed by atoms with van der Waals surface area (Å²) in [6, 6.07) is 11.4. The van der Waals surface area contributed by atoms with Crippen molar-refractivity contribution in [1.82, 2.24) is 4.98 Å². The number of nitrogen functional groups attached to an aromatic ring is 1. The van der Waals surface area contributed by atoms with Gasteiger partial charge in [0, 0.05) is 12.3 Å². The van der Waals surface area contributed by atoms with Crippen LogP contribution in [-0.2, 0) is 12.8 Å². The minimum absolute atomic E-state index is 0.0385. The van der Waals surface area contributed by atoms with Crippen LogP contribution in [0, 0.1) is 10.1 Å². The highest BCUT2D eigenvalue weighted by molar-refractivity contribution is 5.53. The number of hydrogen-bond donors (Lipinski definition) is 1. The standard InChI is InChI=1S/C13H13N3O2/c14-13-12(16(17)18)8-11(9-15-13)7-6-10-4-2-1-3-5-10/h1-5,8-9H,6-7H2,(H2,14,15). The van der Waals surface area contributed by atoms with Crippen molar-refractivity contribution < 1.29 is 4.92 Å². The van der Waals surface area contributed by atoms with Gasteiger partial charge >= 0.3 is 5.69 Å². The Morgan fingerprint density at radius 1 is 1.17 bits per heavy atom. The number of anilines is 1. The van der Waals surface area contributed by atoms with Crippen LogP contribution in [0.25, 0.3) is 0 Å². The molecular formula is C13H13N3O2. The Labute approximate surface area is 104 Å². The van der Waals surface area contributed by atoms with Gasteiger partial charge in [0.2, 0.25) is 5.82 Å². The summed E-state index contributed by atoms with van der Waals surface area (Å²) in [5.41, 5.74) is 7.33. The van der Waals surface area contributed by atoms with E-state index in [1.807, 2.05) is 30.3 Å². The number of pyridine rings is 1. The second-order valence-corrected chi connectivity index (χ2v) is 3.99. The van der Waals surface area contributed by atoms with Crippen LogP contribution in [0.4, 0.5) is 11.5 Å². The summed E-state index contributed by atoms with van der Waals surface area (Å²) in [6.07, 6.45) is 3.12. The molecule has 0 aliphatic heterocycles. The van der Waals surface area contributed by atoms with E-state index in [4.69, 9.17) is 5.73 Å². The van der Waals surface area contributed by atoms with E-state index in [9.17, 15) is 10.1 Å². The van der Waals surface area contributed by atoms with Crippen molar-refractivity contribution in [2.75, 3.05) is 5.73 Å². The molecule has 0 radical (unpaired) electrons. The Morgan fingerprint density at radius 2 is 1.83 bits per heavy atom. The topological polar surface area (TPSA) is 82.0 Å². The molecule has 0 aliphatic carbocycles. The largest absolute Gasteiger partial charge is 0.378 e. The highest BCUT2D eigenvalue weighted by atomic mass is 16.6. The summed E-state index contributed by atoms with van der Waals surface area (Å²) < 4.78 is 0. The van der Waals surface area contributed by atoms with Crippen LogP contribution in [0.2, 0.25) is 0 Å². The first kappa shape index (κ1) is 12.0. The van der Waals surface area contributed by atoms with E-state index in [0.29, 0.717) is 6.42 Å². The molecule has 0 fully saturated rings. The highest BCUT2D eigenvalue weighted by Gasteiger charge is 2.13. The molecule has 2 rings (SSSR count). The van der Waals surface area contributed by atoms with E-state index >= 15 is 0 Å². The molecule has 18 heavy (non-hydrogen) atoms. The lowest BCUT2D eigenvalue weighted by Gasteiger charge is -2.03. The van der Waals surface area contributed by atoms with Crippen molar-refractivity contribution in [1.29, 1.82) is 0 Å². The molecule has 0 aliphatic rings. The van der Waals surface area contributed by atoms with E-state index in [1.54, 1.807) is 6.20 Å². The third-order valence-corrected chi connectivity index (χ3v) is 2.70. The predicted octanol–water partition coefficient (Wildman–Crippen LogP) is 2.36. The third kappa shape index (κ3) is 2.82. The van der Waals surface area contributed by atoms with Gasteiger partial charge in [-0.25, -0.2) is 4.98 Å². The average Bonchev–Trinajstić information content (AvgIpc) is 2.38. The Bertz CT molecular complexity index is 555. The SMILES string of the molecule is Nc1ncc(CCc2ccccc2)cc1[N+](=O)[O-]. The quantitative estimate of drug-likeness (QED) is 0.660. The van der Waals surface area contributed by atoms with Gasteiger partial charge in [-0.3, -0.25) is 10.1 Å². The van der Waals surface area contributed by atoms with Crippen LogP contribution in [0.3, 0.4) is 0 Å². The fourth-order valence-electron chi connectivity index (χ4n) is 1.72. The molecule has 0 spiro atoms. The lowest BCUT2D eigenvalue weighted by atomic mass is 10.1. The van der Waals surface area contributed by atoms with Gasteiger partial charge in [-0.2, -0.15) is 0 Å². The molecular weight excluding hydrogens is 230 g/mol. The van der Waals surface area contributed by atoms with Gasteiger partial charge in [-0.15, -0.1) is 0 Å². The summed E-state index contributed by atoms with van der Waals surface area (Å²) in [7, 11) is 0. The van der Waals surface area contributed by atoms with Crippen LogP contribution in [0.1, 0.15) is 11.1 Å². The average molecular weight is 243 g/mol. The van der Waals surface area contributed by atoms with Crippen molar-refractivity contribution in [3.63, 3.8) is 0 Å². The maximum Gasteiger partial charge on any atom is 0.311 e. The molecule has 0 amide bonds. The summed E-state index contributed by atoms with van der Waals surface area (Å²) in [5, 5.41) is 10.7. The molecule has 0 saturated carbocycles. The van der Waals surface area contributed by atoms with Crippen molar-refractivity contribution >= 4 is 11.5 Å². The van der Waals surface area contributed by atoms with Crippen LogP contribution in [-0.4, -0.2) is 9.91 Å². The minimum atomic E-state index is -0.506. The second-order valence-electron chi connectivity index (χ2n) is 3.99. The van der Waals surface area contributed by atoms with E-state index in [1.165, 1.54) is 11.6 Å². The fourth-order valence-corrected chi connectivity index (χ4v) is 1.72. The zero-order valence-electron chi connectivity index (χ0n) is 9.74. The Hall–Kier alpha value is -2.43. The fraction of sp³-hybridized carbons (Fsp3) is 0.154. The molecule has 2 N–H and O–H groups in total. The molecule has 0 atom stereocenters. The lowest BCUT2D eigenvalue weighted by Crippen LogP contribution is -2.01. The van der Waals surface area contributed by atoms with Gasteiger partial charge < -0.3 is 5.73 Å². The number of rotatable bonds is 4. The number of nitrogens with zero attached hydrogens (tertiary/aromatic N) is 2. The molecule has 92 valence electrons. The van der Waals surface area contributed by atoms with Gasteiger partial charge in [0.1, 0.15) is 0 Å². The molecule has 1 heterocycles. The molecule has 5 nitrogen and oxygen atoms in total. The molecule has 0 unspecified atom stereocenters. The Kier molecular flexibility index (Phi) is 3.52. The number of nitro groups is 1. The number of aromatic nitrogens is 1. The summed E-state index contributed by atoms with van der Waals surface area (Å²) in [6.45, 7) is 0. The van der Waals surface area contributed by atoms with E-state index in [-0.39, 0.29) is 11.5 Å². The molecule has 1 aromatic carbocycles. The first-order valence-electron chi connectivity index (χ1n) is 5.59. The minimum Gasteiger partial charge on any atom is -0.378 e. The summed E-state index contributed by atoms with van der Waals surface area (Å²) >= 11 is 0. The first-order chi connectivity index (χ1) is 8.66. The monoisotopic (exact) mass is 243 g/mol. The van der Waals surface area contributed by atoms with Crippen LogP contribution in [0.5, 0.6) is 0 Å². The molecule has 5 heteroatoms. The van der Waals surface area contributed by atoms with Crippen LogP contribution in [0.15, 0.2) is 42.6 Å². The number of benzene rings is 1. The summed E-state index contributed by atoms with van der Waals surface area (Å²) in [5.74, 6) is -0.0385.